The van der Waals surface area contributed by atoms with Crippen molar-refractivity contribution in [1.82, 2.24) is 14.9 Å². The minimum absolute atomic E-state index is 0.114. The van der Waals surface area contributed by atoms with Gasteiger partial charge in [0.05, 0.1) is 31.4 Å². The average molecular weight is 402 g/mol. The number of hydrogen-bond donors (Lipinski definition) is 1. The van der Waals surface area contributed by atoms with E-state index in [1.807, 2.05) is 24.3 Å². The molecule has 0 aliphatic carbocycles. The van der Waals surface area contributed by atoms with Crippen molar-refractivity contribution in [3.63, 3.8) is 0 Å². The molecule has 2 aromatic carbocycles. The lowest BCUT2D eigenvalue weighted by Gasteiger charge is -2.11. The maximum atomic E-state index is 12.7. The second-order valence-corrected chi connectivity index (χ2v) is 6.56. The molecule has 0 radical (unpaired) electrons. The van der Waals surface area contributed by atoms with Crippen LogP contribution in [-0.2, 0) is 17.8 Å². The Kier molecular flexibility index (Phi) is 6.16. The van der Waals surface area contributed by atoms with Crippen LogP contribution in [0.2, 0.25) is 5.02 Å². The van der Waals surface area contributed by atoms with Gasteiger partial charge in [-0.05, 0) is 30.2 Å². The van der Waals surface area contributed by atoms with Gasteiger partial charge in [0, 0.05) is 17.6 Å². The highest BCUT2D eigenvalue weighted by Crippen LogP contribution is 2.29. The van der Waals surface area contributed by atoms with E-state index in [-0.39, 0.29) is 18.0 Å². The van der Waals surface area contributed by atoms with Crippen molar-refractivity contribution in [3.05, 3.63) is 63.7 Å². The fourth-order valence-electron chi connectivity index (χ4n) is 2.81. The number of ether oxygens (including phenoxy) is 2. The van der Waals surface area contributed by atoms with Crippen molar-refractivity contribution in [1.29, 1.82) is 0 Å². The summed E-state index contributed by atoms with van der Waals surface area (Å²) in [5.41, 5.74) is 1.22. The normalized spacial score (nSPS) is 10.7. The van der Waals surface area contributed by atoms with Crippen LogP contribution in [0.15, 0.2) is 47.5 Å². The Balaban J connectivity index is 1.69. The van der Waals surface area contributed by atoms with E-state index in [9.17, 15) is 9.59 Å². The maximum absolute atomic E-state index is 12.7. The summed E-state index contributed by atoms with van der Waals surface area (Å²) >= 11 is 5.86. The zero-order chi connectivity index (χ0) is 20.1. The molecule has 0 bridgehead atoms. The number of nitrogens with zero attached hydrogens (tertiary/aromatic N) is 2. The van der Waals surface area contributed by atoms with Crippen molar-refractivity contribution >= 4 is 28.4 Å². The lowest BCUT2D eigenvalue weighted by Crippen LogP contribution is -2.33. The van der Waals surface area contributed by atoms with Gasteiger partial charge in [-0.3, -0.25) is 14.2 Å². The fourth-order valence-corrected chi connectivity index (χ4v) is 2.93. The Morgan fingerprint density at radius 3 is 2.50 bits per heavy atom. The predicted molar refractivity (Wildman–Crippen MR) is 107 cm³/mol. The Hall–Kier alpha value is -3.06. The summed E-state index contributed by atoms with van der Waals surface area (Å²) in [7, 11) is 3.01. The van der Waals surface area contributed by atoms with Gasteiger partial charge in [0.2, 0.25) is 5.91 Å². The third kappa shape index (κ3) is 4.43. The molecule has 1 N–H and O–H groups in total. The summed E-state index contributed by atoms with van der Waals surface area (Å²) in [5, 5.41) is 3.83. The molecule has 28 heavy (non-hydrogen) atoms. The van der Waals surface area contributed by atoms with E-state index >= 15 is 0 Å². The van der Waals surface area contributed by atoms with Crippen molar-refractivity contribution in [2.45, 2.75) is 13.0 Å². The van der Waals surface area contributed by atoms with Crippen LogP contribution in [0.1, 0.15) is 5.56 Å². The molecular formula is C20H20ClN3O4. The molecule has 1 aromatic heterocycles. The van der Waals surface area contributed by atoms with Gasteiger partial charge in [-0.1, -0.05) is 23.7 Å². The predicted octanol–water partition coefficient (Wildman–Crippen LogP) is 2.43. The first-order chi connectivity index (χ1) is 13.5. The number of benzene rings is 2. The monoisotopic (exact) mass is 401 g/mol. The van der Waals surface area contributed by atoms with Crippen LogP contribution in [0.5, 0.6) is 11.5 Å². The minimum Gasteiger partial charge on any atom is -0.493 e. The molecule has 0 fully saturated rings. The maximum Gasteiger partial charge on any atom is 0.261 e. The molecule has 0 aliphatic rings. The van der Waals surface area contributed by atoms with Crippen molar-refractivity contribution < 1.29 is 14.3 Å². The van der Waals surface area contributed by atoms with E-state index in [1.165, 1.54) is 25.1 Å². The summed E-state index contributed by atoms with van der Waals surface area (Å²) in [6, 6.07) is 10.6. The van der Waals surface area contributed by atoms with Crippen LogP contribution in [0, 0.1) is 0 Å². The molecule has 0 aliphatic heterocycles. The highest BCUT2D eigenvalue weighted by atomic mass is 35.5. The van der Waals surface area contributed by atoms with E-state index in [0.29, 0.717) is 40.4 Å². The summed E-state index contributed by atoms with van der Waals surface area (Å²) in [5.74, 6) is 0.649. The summed E-state index contributed by atoms with van der Waals surface area (Å²) in [6.07, 6.45) is 2.03. The number of halogens is 1. The molecule has 7 nitrogen and oxygen atoms in total. The Morgan fingerprint density at radius 2 is 1.82 bits per heavy atom. The summed E-state index contributed by atoms with van der Waals surface area (Å²) < 4.78 is 11.7. The van der Waals surface area contributed by atoms with Gasteiger partial charge in [0.15, 0.2) is 11.5 Å². The third-order valence-electron chi connectivity index (χ3n) is 4.29. The minimum atomic E-state index is -0.321. The van der Waals surface area contributed by atoms with Gasteiger partial charge in [0.25, 0.3) is 5.56 Å². The first-order valence-corrected chi connectivity index (χ1v) is 9.02. The van der Waals surface area contributed by atoms with Gasteiger partial charge < -0.3 is 14.8 Å². The highest BCUT2D eigenvalue weighted by Gasteiger charge is 2.12. The molecule has 3 rings (SSSR count). The lowest BCUT2D eigenvalue weighted by atomic mass is 10.1. The zero-order valence-corrected chi connectivity index (χ0v) is 16.3. The van der Waals surface area contributed by atoms with Gasteiger partial charge >= 0.3 is 0 Å². The molecule has 1 amide bonds. The van der Waals surface area contributed by atoms with Gasteiger partial charge in [-0.2, -0.15) is 0 Å². The number of rotatable bonds is 7. The third-order valence-corrected chi connectivity index (χ3v) is 4.54. The number of nitrogens with one attached hydrogen (secondary N) is 1. The number of amides is 1. The first kappa shape index (κ1) is 19.7. The second kappa shape index (κ2) is 8.75. The van der Waals surface area contributed by atoms with Crippen LogP contribution in [0.3, 0.4) is 0 Å². The number of methoxy groups -OCH3 is 2. The number of hydrogen-bond acceptors (Lipinski definition) is 5. The zero-order valence-electron chi connectivity index (χ0n) is 15.6. The Bertz CT molecular complexity index is 1050. The van der Waals surface area contributed by atoms with Crippen LogP contribution >= 0.6 is 11.6 Å². The Morgan fingerprint density at radius 1 is 1.14 bits per heavy atom. The standard InChI is InChI=1S/C20H20ClN3O4/c1-27-17-9-15-16(10-18(17)28-2)23-12-24(20(15)26)11-19(25)22-8-7-13-3-5-14(21)6-4-13/h3-6,9-10,12H,7-8,11H2,1-2H3,(H,22,25). The van der Waals surface area contributed by atoms with Gasteiger partial charge in [-0.25, -0.2) is 4.98 Å². The number of carbonyl (C=O) groups is 1. The largest absolute Gasteiger partial charge is 0.493 e. The number of fused-ring (bicyclic) bond motifs is 1. The summed E-state index contributed by atoms with van der Waals surface area (Å²) in [6.45, 7) is 0.345. The molecule has 0 unspecified atom stereocenters. The van der Waals surface area contributed by atoms with Gasteiger partial charge in [-0.15, -0.1) is 0 Å². The van der Waals surface area contributed by atoms with Crippen LogP contribution in [0.4, 0.5) is 0 Å². The summed E-state index contributed by atoms with van der Waals surface area (Å²) in [4.78, 5) is 29.1. The van der Waals surface area contributed by atoms with Crippen molar-refractivity contribution in [3.8, 4) is 11.5 Å². The van der Waals surface area contributed by atoms with E-state index in [4.69, 9.17) is 21.1 Å². The average Bonchev–Trinajstić information content (AvgIpc) is 2.70. The topological polar surface area (TPSA) is 82.5 Å². The molecule has 1 heterocycles. The van der Waals surface area contributed by atoms with Crippen LogP contribution in [-0.4, -0.2) is 36.2 Å². The lowest BCUT2D eigenvalue weighted by molar-refractivity contribution is -0.121. The molecule has 146 valence electrons. The van der Waals surface area contributed by atoms with Crippen LogP contribution < -0.4 is 20.3 Å². The molecule has 0 saturated carbocycles. The smallest absolute Gasteiger partial charge is 0.261 e. The second-order valence-electron chi connectivity index (χ2n) is 6.13. The molecule has 8 heteroatoms. The van der Waals surface area contributed by atoms with Gasteiger partial charge in [0.1, 0.15) is 6.54 Å². The van der Waals surface area contributed by atoms with Crippen molar-refractivity contribution in [2.75, 3.05) is 20.8 Å². The van der Waals surface area contributed by atoms with Crippen molar-refractivity contribution in [2.24, 2.45) is 0 Å². The molecule has 0 saturated heterocycles. The molecule has 0 atom stereocenters. The molecule has 0 spiro atoms. The number of aromatic nitrogens is 2. The molecule has 3 aromatic rings. The van der Waals surface area contributed by atoms with E-state index in [2.05, 4.69) is 10.3 Å². The quantitative estimate of drug-likeness (QED) is 0.657. The molecular weight excluding hydrogens is 382 g/mol. The SMILES string of the molecule is COc1cc2ncn(CC(=O)NCCc3ccc(Cl)cc3)c(=O)c2cc1OC. The Labute approximate surface area is 166 Å². The number of carbonyl (C=O) groups excluding carboxylic acids is 1. The first-order valence-electron chi connectivity index (χ1n) is 8.64. The van der Waals surface area contributed by atoms with E-state index in [0.717, 1.165) is 5.56 Å². The van der Waals surface area contributed by atoms with Crippen LogP contribution in [0.25, 0.3) is 10.9 Å². The van der Waals surface area contributed by atoms with E-state index in [1.54, 1.807) is 12.1 Å². The van der Waals surface area contributed by atoms with E-state index < -0.39 is 0 Å². The fraction of sp³-hybridized carbons (Fsp3) is 0.250. The highest BCUT2D eigenvalue weighted by molar-refractivity contribution is 6.30.